The van der Waals surface area contributed by atoms with E-state index in [-0.39, 0.29) is 5.54 Å². The monoisotopic (exact) mass is 250 g/mol. The van der Waals surface area contributed by atoms with E-state index in [0.717, 1.165) is 31.0 Å². The molecule has 0 aliphatic heterocycles. The van der Waals surface area contributed by atoms with Crippen LogP contribution in [0.1, 0.15) is 45.7 Å². The maximum atomic E-state index is 5.63. The van der Waals surface area contributed by atoms with Gasteiger partial charge in [-0.05, 0) is 65.6 Å². The summed E-state index contributed by atoms with van der Waals surface area (Å²) in [6.07, 6.45) is 5.28. The Labute approximate surface area is 111 Å². The molecule has 18 heavy (non-hydrogen) atoms. The van der Waals surface area contributed by atoms with Crippen molar-refractivity contribution in [3.63, 3.8) is 0 Å². The maximum Gasteiger partial charge on any atom is 0.137 e. The number of rotatable bonds is 7. The van der Waals surface area contributed by atoms with Gasteiger partial charge in [-0.3, -0.25) is 4.98 Å². The van der Waals surface area contributed by atoms with Gasteiger partial charge in [-0.2, -0.15) is 0 Å². The highest BCUT2D eigenvalue weighted by Crippen LogP contribution is 2.09. The van der Waals surface area contributed by atoms with E-state index in [2.05, 4.69) is 31.1 Å². The first-order valence-corrected chi connectivity index (χ1v) is 6.78. The molecule has 0 amide bonds. The number of pyridine rings is 1. The highest BCUT2D eigenvalue weighted by molar-refractivity contribution is 5.18. The molecule has 0 aliphatic rings. The van der Waals surface area contributed by atoms with Gasteiger partial charge in [0.2, 0.25) is 0 Å². The molecule has 0 atom stereocenters. The molecule has 0 spiro atoms. The van der Waals surface area contributed by atoms with Crippen LogP contribution in [0, 0.1) is 6.92 Å². The second-order valence-corrected chi connectivity index (χ2v) is 5.72. The molecule has 0 saturated heterocycles. The van der Waals surface area contributed by atoms with Crippen molar-refractivity contribution in [1.82, 2.24) is 10.3 Å². The molecule has 0 radical (unpaired) electrons. The molecule has 0 aliphatic carbocycles. The Morgan fingerprint density at radius 3 is 2.56 bits per heavy atom. The summed E-state index contributed by atoms with van der Waals surface area (Å²) in [4.78, 5) is 4.20. The summed E-state index contributed by atoms with van der Waals surface area (Å²) >= 11 is 0. The van der Waals surface area contributed by atoms with Crippen molar-refractivity contribution >= 4 is 0 Å². The fourth-order valence-electron chi connectivity index (χ4n) is 1.60. The molecule has 1 rings (SSSR count). The molecular formula is C15H26N2O. The lowest BCUT2D eigenvalue weighted by Crippen LogP contribution is -2.36. The predicted molar refractivity (Wildman–Crippen MR) is 76.1 cm³/mol. The molecule has 0 unspecified atom stereocenters. The smallest absolute Gasteiger partial charge is 0.137 e. The van der Waals surface area contributed by atoms with E-state index in [4.69, 9.17) is 4.74 Å². The summed E-state index contributed by atoms with van der Waals surface area (Å²) in [6.45, 7) is 10.4. The zero-order valence-corrected chi connectivity index (χ0v) is 12.1. The third kappa shape index (κ3) is 7.28. The van der Waals surface area contributed by atoms with Gasteiger partial charge in [-0.25, -0.2) is 0 Å². The average Bonchev–Trinajstić information content (AvgIpc) is 2.29. The summed E-state index contributed by atoms with van der Waals surface area (Å²) in [5.41, 5.74) is 1.25. The first kappa shape index (κ1) is 15.0. The topological polar surface area (TPSA) is 34.1 Å². The van der Waals surface area contributed by atoms with Crippen LogP contribution in [0.3, 0.4) is 0 Å². The van der Waals surface area contributed by atoms with Crippen LogP contribution in [0.5, 0.6) is 5.75 Å². The van der Waals surface area contributed by atoms with Gasteiger partial charge in [0, 0.05) is 11.2 Å². The molecule has 0 aromatic carbocycles. The van der Waals surface area contributed by atoms with Crippen molar-refractivity contribution in [2.75, 3.05) is 13.2 Å². The van der Waals surface area contributed by atoms with Crippen molar-refractivity contribution < 1.29 is 4.74 Å². The van der Waals surface area contributed by atoms with E-state index < -0.39 is 0 Å². The molecule has 1 N–H and O–H groups in total. The third-order valence-electron chi connectivity index (χ3n) is 2.63. The molecule has 102 valence electrons. The fourth-order valence-corrected chi connectivity index (χ4v) is 1.60. The van der Waals surface area contributed by atoms with Crippen molar-refractivity contribution in [1.29, 1.82) is 0 Å². The quantitative estimate of drug-likeness (QED) is 0.754. The van der Waals surface area contributed by atoms with Crippen molar-refractivity contribution in [3.05, 3.63) is 24.0 Å². The summed E-state index contributed by atoms with van der Waals surface area (Å²) in [6, 6.07) is 3.95. The molecule has 1 aromatic heterocycles. The largest absolute Gasteiger partial charge is 0.492 e. The molecule has 0 saturated carbocycles. The van der Waals surface area contributed by atoms with Crippen LogP contribution in [0.25, 0.3) is 0 Å². The lowest BCUT2D eigenvalue weighted by molar-refractivity contribution is 0.302. The normalized spacial score (nSPS) is 11.6. The Balaban J connectivity index is 2.00. The third-order valence-corrected chi connectivity index (χ3v) is 2.63. The van der Waals surface area contributed by atoms with E-state index in [1.54, 1.807) is 6.20 Å². The number of hydrogen-bond acceptors (Lipinski definition) is 3. The van der Waals surface area contributed by atoms with E-state index in [1.807, 2.05) is 19.1 Å². The van der Waals surface area contributed by atoms with Crippen LogP contribution in [-0.4, -0.2) is 23.7 Å². The number of unbranched alkanes of at least 4 members (excludes halogenated alkanes) is 2. The van der Waals surface area contributed by atoms with E-state index in [0.29, 0.717) is 0 Å². The standard InChI is InChI=1S/C15H26N2O/c1-13-8-9-14(12-16-13)18-11-7-5-6-10-17-15(2,3)4/h8-9,12,17H,5-7,10-11H2,1-4H3. The van der Waals surface area contributed by atoms with Crippen molar-refractivity contribution in [2.45, 2.75) is 52.5 Å². The van der Waals surface area contributed by atoms with Gasteiger partial charge < -0.3 is 10.1 Å². The number of nitrogens with zero attached hydrogens (tertiary/aromatic N) is 1. The lowest BCUT2D eigenvalue weighted by Gasteiger charge is -2.20. The Kier molecular flexibility index (Phi) is 6.13. The van der Waals surface area contributed by atoms with Gasteiger partial charge in [-0.1, -0.05) is 0 Å². The number of nitrogens with one attached hydrogen (secondary N) is 1. The Hall–Kier alpha value is -1.09. The zero-order chi connectivity index (χ0) is 13.4. The van der Waals surface area contributed by atoms with Gasteiger partial charge in [0.15, 0.2) is 0 Å². The van der Waals surface area contributed by atoms with Crippen molar-refractivity contribution in [3.8, 4) is 5.75 Å². The molecule has 3 heteroatoms. The second-order valence-electron chi connectivity index (χ2n) is 5.72. The Bertz CT molecular complexity index is 327. The maximum absolute atomic E-state index is 5.63. The van der Waals surface area contributed by atoms with E-state index >= 15 is 0 Å². The summed E-state index contributed by atoms with van der Waals surface area (Å²) in [5.74, 6) is 0.869. The van der Waals surface area contributed by atoms with Crippen LogP contribution in [0.2, 0.25) is 0 Å². The average molecular weight is 250 g/mol. The number of ether oxygens (including phenoxy) is 1. The van der Waals surface area contributed by atoms with E-state index in [9.17, 15) is 0 Å². The summed E-state index contributed by atoms with van der Waals surface area (Å²) in [5, 5.41) is 3.49. The van der Waals surface area contributed by atoms with Crippen molar-refractivity contribution in [2.24, 2.45) is 0 Å². The van der Waals surface area contributed by atoms with Crippen LogP contribution in [0.4, 0.5) is 0 Å². The SMILES string of the molecule is Cc1ccc(OCCCCCNC(C)(C)C)cn1. The minimum Gasteiger partial charge on any atom is -0.492 e. The second kappa shape index (κ2) is 7.37. The van der Waals surface area contributed by atoms with Crippen LogP contribution >= 0.6 is 0 Å². The Morgan fingerprint density at radius 1 is 1.17 bits per heavy atom. The number of aromatic nitrogens is 1. The lowest BCUT2D eigenvalue weighted by atomic mass is 10.1. The van der Waals surface area contributed by atoms with Crippen LogP contribution in [0.15, 0.2) is 18.3 Å². The van der Waals surface area contributed by atoms with Gasteiger partial charge in [0.25, 0.3) is 0 Å². The minimum absolute atomic E-state index is 0.226. The molecule has 3 nitrogen and oxygen atoms in total. The first-order valence-electron chi connectivity index (χ1n) is 6.78. The zero-order valence-electron chi connectivity index (χ0n) is 12.1. The summed E-state index contributed by atoms with van der Waals surface area (Å²) in [7, 11) is 0. The first-order chi connectivity index (χ1) is 8.47. The van der Waals surface area contributed by atoms with Gasteiger partial charge in [0.05, 0.1) is 12.8 Å². The number of hydrogen-bond donors (Lipinski definition) is 1. The highest BCUT2D eigenvalue weighted by Gasteiger charge is 2.06. The highest BCUT2D eigenvalue weighted by atomic mass is 16.5. The van der Waals surface area contributed by atoms with Crippen LogP contribution in [-0.2, 0) is 0 Å². The molecule has 0 fully saturated rings. The van der Waals surface area contributed by atoms with Gasteiger partial charge in [0.1, 0.15) is 5.75 Å². The van der Waals surface area contributed by atoms with Gasteiger partial charge >= 0.3 is 0 Å². The predicted octanol–water partition coefficient (Wildman–Crippen LogP) is 3.33. The molecule has 0 bridgehead atoms. The number of aryl methyl sites for hydroxylation is 1. The van der Waals surface area contributed by atoms with Gasteiger partial charge in [-0.15, -0.1) is 0 Å². The fraction of sp³-hybridized carbons (Fsp3) is 0.667. The molecular weight excluding hydrogens is 224 g/mol. The summed E-state index contributed by atoms with van der Waals surface area (Å²) < 4.78 is 5.63. The molecule has 1 heterocycles. The minimum atomic E-state index is 0.226. The molecule has 1 aromatic rings. The Morgan fingerprint density at radius 2 is 1.94 bits per heavy atom. The van der Waals surface area contributed by atoms with Crippen LogP contribution < -0.4 is 10.1 Å². The van der Waals surface area contributed by atoms with E-state index in [1.165, 1.54) is 12.8 Å².